The number of amides is 3. The van der Waals surface area contributed by atoms with E-state index in [9.17, 15) is 14.4 Å². The lowest BCUT2D eigenvalue weighted by Crippen LogP contribution is -2.35. The highest BCUT2D eigenvalue weighted by Gasteiger charge is 2.23. The molecule has 2 N–H and O–H groups in total. The van der Waals surface area contributed by atoms with Crippen molar-refractivity contribution < 1.29 is 14.4 Å². The predicted octanol–water partition coefficient (Wildman–Crippen LogP) is 2.65. The molecular formula is C20H21N3O3S. The maximum atomic E-state index is 12.7. The Morgan fingerprint density at radius 3 is 2.52 bits per heavy atom. The van der Waals surface area contributed by atoms with Gasteiger partial charge in [0.05, 0.1) is 28.9 Å². The van der Waals surface area contributed by atoms with Gasteiger partial charge in [0.2, 0.25) is 11.8 Å². The van der Waals surface area contributed by atoms with Crippen molar-refractivity contribution >= 4 is 35.2 Å². The molecule has 1 heterocycles. The highest BCUT2D eigenvalue weighted by molar-refractivity contribution is 8.00. The number of carbonyl (C=O) groups is 3. The van der Waals surface area contributed by atoms with Gasteiger partial charge >= 0.3 is 0 Å². The number of hydrogen-bond donors (Lipinski definition) is 2. The number of thioether (sulfide) groups is 1. The zero-order valence-electron chi connectivity index (χ0n) is 15.0. The first-order valence-corrected chi connectivity index (χ1v) is 9.80. The molecule has 7 heteroatoms. The molecule has 1 saturated heterocycles. The molecule has 3 rings (SSSR count). The van der Waals surface area contributed by atoms with E-state index in [1.165, 1.54) is 16.7 Å². The van der Waals surface area contributed by atoms with Crippen LogP contribution in [-0.2, 0) is 9.59 Å². The Kier molecular flexibility index (Phi) is 6.13. The Morgan fingerprint density at radius 2 is 1.81 bits per heavy atom. The van der Waals surface area contributed by atoms with Gasteiger partial charge in [-0.1, -0.05) is 42.5 Å². The van der Waals surface area contributed by atoms with Crippen LogP contribution in [0.15, 0.2) is 54.6 Å². The minimum Gasteiger partial charge on any atom is -0.345 e. The lowest BCUT2D eigenvalue weighted by Gasteiger charge is -2.18. The number of para-hydroxylation sites is 1. The van der Waals surface area contributed by atoms with E-state index in [1.807, 2.05) is 37.3 Å². The van der Waals surface area contributed by atoms with Gasteiger partial charge in [-0.25, -0.2) is 0 Å². The average Bonchev–Trinajstić information content (AvgIpc) is 3.07. The SMILES string of the molecule is C[C@@H](NC(=O)c1ccccc1NC(=O)CN1CSCC1=O)c1ccccc1. The van der Waals surface area contributed by atoms with E-state index >= 15 is 0 Å². The second kappa shape index (κ2) is 8.73. The van der Waals surface area contributed by atoms with E-state index in [1.54, 1.807) is 24.3 Å². The summed E-state index contributed by atoms with van der Waals surface area (Å²) < 4.78 is 0. The highest BCUT2D eigenvalue weighted by Crippen LogP contribution is 2.19. The topological polar surface area (TPSA) is 78.5 Å². The summed E-state index contributed by atoms with van der Waals surface area (Å²) >= 11 is 1.48. The molecule has 1 atom stereocenters. The maximum absolute atomic E-state index is 12.7. The standard InChI is InChI=1S/C20H21N3O3S/c1-14(15-7-3-2-4-8-15)21-20(26)16-9-5-6-10-17(16)22-18(24)11-23-13-27-12-19(23)25/h2-10,14H,11-13H2,1H3,(H,21,26)(H,22,24)/t14-/m1/s1. The Bertz CT molecular complexity index is 841. The molecule has 2 aromatic rings. The molecule has 0 aliphatic carbocycles. The van der Waals surface area contributed by atoms with Gasteiger partial charge in [0, 0.05) is 0 Å². The smallest absolute Gasteiger partial charge is 0.253 e. The van der Waals surface area contributed by atoms with E-state index in [-0.39, 0.29) is 30.3 Å². The normalized spacial score (nSPS) is 14.7. The molecule has 0 spiro atoms. The van der Waals surface area contributed by atoms with Crippen LogP contribution >= 0.6 is 11.8 Å². The lowest BCUT2D eigenvalue weighted by molar-refractivity contribution is -0.130. The quantitative estimate of drug-likeness (QED) is 0.804. The molecule has 0 aromatic heterocycles. The van der Waals surface area contributed by atoms with Gasteiger partial charge in [0.25, 0.3) is 5.91 Å². The van der Waals surface area contributed by atoms with E-state index in [4.69, 9.17) is 0 Å². The largest absolute Gasteiger partial charge is 0.345 e. The number of carbonyl (C=O) groups excluding carboxylic acids is 3. The molecule has 0 saturated carbocycles. The van der Waals surface area contributed by atoms with Crippen LogP contribution in [0, 0.1) is 0 Å². The fourth-order valence-corrected chi connectivity index (χ4v) is 3.70. The van der Waals surface area contributed by atoms with Crippen molar-refractivity contribution in [1.82, 2.24) is 10.2 Å². The number of nitrogens with zero attached hydrogens (tertiary/aromatic N) is 1. The third-order valence-electron chi connectivity index (χ3n) is 4.25. The Balaban J connectivity index is 1.67. The zero-order valence-corrected chi connectivity index (χ0v) is 15.8. The van der Waals surface area contributed by atoms with Gasteiger partial charge in [0.1, 0.15) is 6.54 Å². The van der Waals surface area contributed by atoms with E-state index in [0.717, 1.165) is 5.56 Å². The summed E-state index contributed by atoms with van der Waals surface area (Å²) in [6.45, 7) is 1.90. The lowest BCUT2D eigenvalue weighted by atomic mass is 10.1. The van der Waals surface area contributed by atoms with Gasteiger partial charge in [-0.2, -0.15) is 0 Å². The second-order valence-corrected chi connectivity index (χ2v) is 7.22. The van der Waals surface area contributed by atoms with Gasteiger partial charge in [-0.05, 0) is 24.6 Å². The first kappa shape index (κ1) is 19.0. The molecule has 27 heavy (non-hydrogen) atoms. The summed E-state index contributed by atoms with van der Waals surface area (Å²) in [6, 6.07) is 16.3. The van der Waals surface area contributed by atoms with Gasteiger partial charge in [0.15, 0.2) is 0 Å². The Morgan fingerprint density at radius 1 is 1.11 bits per heavy atom. The van der Waals surface area contributed by atoms with Crippen LogP contribution in [-0.4, -0.2) is 40.8 Å². The molecule has 3 amide bonds. The van der Waals surface area contributed by atoms with Crippen LogP contribution in [0.3, 0.4) is 0 Å². The van der Waals surface area contributed by atoms with Gasteiger partial charge in [-0.3, -0.25) is 14.4 Å². The first-order valence-electron chi connectivity index (χ1n) is 8.65. The number of benzene rings is 2. The first-order chi connectivity index (χ1) is 13.0. The molecule has 2 aromatic carbocycles. The van der Waals surface area contributed by atoms with Crippen molar-refractivity contribution in [1.29, 1.82) is 0 Å². The fourth-order valence-electron chi connectivity index (χ4n) is 2.79. The molecule has 6 nitrogen and oxygen atoms in total. The monoisotopic (exact) mass is 383 g/mol. The minimum atomic E-state index is -0.317. The Hall–Kier alpha value is -2.80. The van der Waals surface area contributed by atoms with Crippen LogP contribution in [0.25, 0.3) is 0 Å². The minimum absolute atomic E-state index is 0.0117. The summed E-state index contributed by atoms with van der Waals surface area (Å²) in [5, 5.41) is 5.70. The summed E-state index contributed by atoms with van der Waals surface area (Å²) in [5.74, 6) is 0.294. The van der Waals surface area contributed by atoms with E-state index in [2.05, 4.69) is 10.6 Å². The van der Waals surface area contributed by atoms with Crippen molar-refractivity contribution in [3.63, 3.8) is 0 Å². The number of hydrogen-bond acceptors (Lipinski definition) is 4. The number of nitrogens with one attached hydrogen (secondary N) is 2. The third kappa shape index (κ3) is 4.89. The third-order valence-corrected chi connectivity index (χ3v) is 5.20. The fraction of sp³-hybridized carbons (Fsp3) is 0.250. The van der Waals surface area contributed by atoms with Crippen LogP contribution in [0.2, 0.25) is 0 Å². The molecule has 140 valence electrons. The molecule has 1 fully saturated rings. The molecule has 0 radical (unpaired) electrons. The van der Waals surface area contributed by atoms with Crippen molar-refractivity contribution in [3.05, 3.63) is 65.7 Å². The zero-order chi connectivity index (χ0) is 19.2. The van der Waals surface area contributed by atoms with Crippen molar-refractivity contribution in [2.75, 3.05) is 23.5 Å². The molecule has 0 bridgehead atoms. The summed E-state index contributed by atoms with van der Waals surface area (Å²) in [7, 11) is 0. The highest BCUT2D eigenvalue weighted by atomic mass is 32.2. The van der Waals surface area contributed by atoms with Crippen molar-refractivity contribution in [2.24, 2.45) is 0 Å². The van der Waals surface area contributed by atoms with Gasteiger partial charge < -0.3 is 15.5 Å². The molecule has 1 aliphatic rings. The predicted molar refractivity (Wildman–Crippen MR) is 106 cm³/mol. The summed E-state index contributed by atoms with van der Waals surface area (Å²) in [6.07, 6.45) is 0. The van der Waals surface area contributed by atoms with Gasteiger partial charge in [-0.15, -0.1) is 11.8 Å². The number of anilines is 1. The second-order valence-electron chi connectivity index (χ2n) is 6.27. The molecular weight excluding hydrogens is 362 g/mol. The van der Waals surface area contributed by atoms with Crippen LogP contribution < -0.4 is 10.6 Å². The molecule has 0 unspecified atom stereocenters. The number of rotatable bonds is 6. The van der Waals surface area contributed by atoms with Crippen molar-refractivity contribution in [2.45, 2.75) is 13.0 Å². The maximum Gasteiger partial charge on any atom is 0.253 e. The average molecular weight is 383 g/mol. The van der Waals surface area contributed by atoms with E-state index in [0.29, 0.717) is 22.9 Å². The van der Waals surface area contributed by atoms with Crippen LogP contribution in [0.5, 0.6) is 0 Å². The summed E-state index contributed by atoms with van der Waals surface area (Å²) in [4.78, 5) is 38.1. The summed E-state index contributed by atoms with van der Waals surface area (Å²) in [5.41, 5.74) is 1.81. The van der Waals surface area contributed by atoms with E-state index < -0.39 is 0 Å². The van der Waals surface area contributed by atoms with Crippen LogP contribution in [0.1, 0.15) is 28.9 Å². The molecule has 1 aliphatic heterocycles. The van der Waals surface area contributed by atoms with Crippen molar-refractivity contribution in [3.8, 4) is 0 Å². The Labute approximate surface area is 162 Å². The van der Waals surface area contributed by atoms with Crippen LogP contribution in [0.4, 0.5) is 5.69 Å².